The Labute approximate surface area is 72.6 Å². The summed E-state index contributed by atoms with van der Waals surface area (Å²) in [5, 5.41) is 12.2. The topological polar surface area (TPSA) is 52.6 Å². The molecule has 1 fully saturated rings. The Morgan fingerprint density at radius 3 is 2.92 bits per heavy atom. The zero-order chi connectivity index (χ0) is 8.97. The van der Waals surface area contributed by atoms with Gasteiger partial charge in [-0.2, -0.15) is 0 Å². The molecule has 0 aromatic rings. The molecule has 4 nitrogen and oxygen atoms in total. The first kappa shape index (κ1) is 9.48. The van der Waals surface area contributed by atoms with E-state index in [-0.39, 0.29) is 5.91 Å². The van der Waals surface area contributed by atoms with Gasteiger partial charge < -0.3 is 15.3 Å². The van der Waals surface area contributed by atoms with Gasteiger partial charge in [-0.1, -0.05) is 0 Å². The molecular formula is C8H16N2O2. The highest BCUT2D eigenvalue weighted by Crippen LogP contribution is 1.98. The Hall–Kier alpha value is -0.610. The smallest absolute Gasteiger partial charge is 0.251 e. The predicted molar refractivity (Wildman–Crippen MR) is 45.7 cm³/mol. The Bertz CT molecular complexity index is 151. The van der Waals surface area contributed by atoms with Crippen molar-refractivity contribution in [3.63, 3.8) is 0 Å². The number of nitrogens with one attached hydrogen (secondary N) is 1. The number of nitrogens with zero attached hydrogens (tertiary/aromatic N) is 1. The number of hydrogen-bond acceptors (Lipinski definition) is 3. The van der Waals surface area contributed by atoms with Gasteiger partial charge in [0.25, 0.3) is 5.91 Å². The summed E-state index contributed by atoms with van der Waals surface area (Å²) in [7, 11) is 0. The van der Waals surface area contributed by atoms with Crippen LogP contribution in [0.4, 0.5) is 0 Å². The van der Waals surface area contributed by atoms with E-state index in [1.165, 1.54) is 6.92 Å². The predicted octanol–water partition coefficient (Wildman–Crippen LogP) is -0.811. The van der Waals surface area contributed by atoms with E-state index in [1.54, 1.807) is 4.90 Å². The number of rotatable bonds is 1. The molecule has 70 valence electrons. The first-order chi connectivity index (χ1) is 5.72. The number of carbonyl (C=O) groups excluding carboxylic acids is 1. The van der Waals surface area contributed by atoms with E-state index in [4.69, 9.17) is 5.11 Å². The van der Waals surface area contributed by atoms with E-state index in [9.17, 15) is 4.79 Å². The largest absolute Gasteiger partial charge is 0.384 e. The molecule has 1 aliphatic heterocycles. The summed E-state index contributed by atoms with van der Waals surface area (Å²) in [6.07, 6.45) is 0.112. The standard InChI is InChI=1S/C8H16N2O2/c1-7(11)8(12)10-5-2-3-9-4-6-10/h7,9,11H,2-6H2,1H3. The van der Waals surface area contributed by atoms with E-state index in [0.717, 1.165) is 26.1 Å². The van der Waals surface area contributed by atoms with E-state index in [0.29, 0.717) is 6.54 Å². The Balaban J connectivity index is 2.43. The lowest BCUT2D eigenvalue weighted by molar-refractivity contribution is -0.139. The van der Waals surface area contributed by atoms with Crippen LogP contribution in [0.25, 0.3) is 0 Å². The monoisotopic (exact) mass is 172 g/mol. The summed E-state index contributed by atoms with van der Waals surface area (Å²) in [4.78, 5) is 13.0. The number of carbonyl (C=O) groups is 1. The van der Waals surface area contributed by atoms with Crippen molar-refractivity contribution in [3.8, 4) is 0 Å². The van der Waals surface area contributed by atoms with E-state index in [1.807, 2.05) is 0 Å². The molecule has 0 spiro atoms. The average molecular weight is 172 g/mol. The third-order valence-corrected chi connectivity index (χ3v) is 2.01. The van der Waals surface area contributed by atoms with Gasteiger partial charge in [0.2, 0.25) is 0 Å². The Kier molecular flexibility index (Phi) is 3.49. The fraction of sp³-hybridized carbons (Fsp3) is 0.875. The molecule has 0 radical (unpaired) electrons. The van der Waals surface area contributed by atoms with Crippen molar-refractivity contribution < 1.29 is 9.90 Å². The van der Waals surface area contributed by atoms with Crippen LogP contribution in [-0.4, -0.2) is 48.2 Å². The molecule has 1 unspecified atom stereocenters. The van der Waals surface area contributed by atoms with Crippen molar-refractivity contribution in [1.82, 2.24) is 10.2 Å². The van der Waals surface area contributed by atoms with E-state index >= 15 is 0 Å². The zero-order valence-corrected chi connectivity index (χ0v) is 7.42. The van der Waals surface area contributed by atoms with Gasteiger partial charge in [0.05, 0.1) is 0 Å². The highest BCUT2D eigenvalue weighted by Gasteiger charge is 2.18. The Morgan fingerprint density at radius 1 is 1.50 bits per heavy atom. The second-order valence-electron chi connectivity index (χ2n) is 3.10. The number of hydrogen-bond donors (Lipinski definition) is 2. The fourth-order valence-corrected chi connectivity index (χ4v) is 1.33. The highest BCUT2D eigenvalue weighted by molar-refractivity contribution is 5.80. The molecule has 0 aromatic heterocycles. The minimum absolute atomic E-state index is 0.154. The van der Waals surface area contributed by atoms with Gasteiger partial charge in [0, 0.05) is 19.6 Å². The number of aliphatic hydroxyl groups is 1. The maximum Gasteiger partial charge on any atom is 0.251 e. The van der Waals surface area contributed by atoms with Crippen molar-refractivity contribution in [2.24, 2.45) is 0 Å². The van der Waals surface area contributed by atoms with Crippen LogP contribution in [0.3, 0.4) is 0 Å². The van der Waals surface area contributed by atoms with Crippen molar-refractivity contribution >= 4 is 5.91 Å². The second kappa shape index (κ2) is 4.42. The maximum absolute atomic E-state index is 11.3. The summed E-state index contributed by atoms with van der Waals surface area (Å²) >= 11 is 0. The lowest BCUT2D eigenvalue weighted by Crippen LogP contribution is -2.39. The molecule has 0 saturated carbocycles. The molecule has 1 heterocycles. The van der Waals surface area contributed by atoms with Crippen LogP contribution < -0.4 is 5.32 Å². The maximum atomic E-state index is 11.3. The first-order valence-electron chi connectivity index (χ1n) is 4.39. The molecule has 0 aliphatic carbocycles. The molecule has 1 saturated heterocycles. The number of amides is 1. The third-order valence-electron chi connectivity index (χ3n) is 2.01. The quantitative estimate of drug-likeness (QED) is 0.544. The summed E-state index contributed by atoms with van der Waals surface area (Å²) in [6.45, 7) is 4.78. The van der Waals surface area contributed by atoms with Crippen LogP contribution in [0.2, 0.25) is 0 Å². The van der Waals surface area contributed by atoms with Gasteiger partial charge >= 0.3 is 0 Å². The first-order valence-corrected chi connectivity index (χ1v) is 4.39. The van der Waals surface area contributed by atoms with Gasteiger partial charge in [0.1, 0.15) is 6.10 Å². The molecule has 12 heavy (non-hydrogen) atoms. The normalized spacial score (nSPS) is 21.7. The van der Waals surface area contributed by atoms with Crippen molar-refractivity contribution in [3.05, 3.63) is 0 Å². The summed E-state index contributed by atoms with van der Waals surface area (Å²) < 4.78 is 0. The lowest BCUT2D eigenvalue weighted by atomic mass is 10.3. The van der Waals surface area contributed by atoms with Crippen molar-refractivity contribution in [2.45, 2.75) is 19.4 Å². The zero-order valence-electron chi connectivity index (χ0n) is 7.42. The van der Waals surface area contributed by atoms with Gasteiger partial charge in [-0.25, -0.2) is 0 Å². The molecule has 1 aliphatic rings. The van der Waals surface area contributed by atoms with Crippen LogP contribution in [0.5, 0.6) is 0 Å². The summed E-state index contributed by atoms with van der Waals surface area (Å²) in [5.41, 5.74) is 0. The SMILES string of the molecule is CC(O)C(=O)N1CCCNCC1. The number of aliphatic hydroxyl groups excluding tert-OH is 1. The third kappa shape index (κ3) is 2.46. The summed E-state index contributed by atoms with van der Waals surface area (Å²) in [5.74, 6) is -0.154. The second-order valence-corrected chi connectivity index (χ2v) is 3.10. The van der Waals surface area contributed by atoms with Crippen LogP contribution in [0.1, 0.15) is 13.3 Å². The Morgan fingerprint density at radius 2 is 2.25 bits per heavy atom. The van der Waals surface area contributed by atoms with Gasteiger partial charge in [-0.15, -0.1) is 0 Å². The van der Waals surface area contributed by atoms with Gasteiger partial charge in [0.15, 0.2) is 0 Å². The molecule has 0 aromatic carbocycles. The van der Waals surface area contributed by atoms with Crippen LogP contribution in [-0.2, 0) is 4.79 Å². The van der Waals surface area contributed by atoms with E-state index in [2.05, 4.69) is 5.32 Å². The van der Waals surface area contributed by atoms with Crippen molar-refractivity contribution in [2.75, 3.05) is 26.2 Å². The molecule has 4 heteroatoms. The fourth-order valence-electron chi connectivity index (χ4n) is 1.33. The molecule has 1 atom stereocenters. The average Bonchev–Trinajstić information content (AvgIpc) is 2.30. The van der Waals surface area contributed by atoms with Crippen molar-refractivity contribution in [1.29, 1.82) is 0 Å². The van der Waals surface area contributed by atoms with E-state index < -0.39 is 6.10 Å². The molecule has 1 amide bonds. The lowest BCUT2D eigenvalue weighted by Gasteiger charge is -2.21. The van der Waals surface area contributed by atoms with Gasteiger partial charge in [-0.3, -0.25) is 4.79 Å². The van der Waals surface area contributed by atoms with Crippen LogP contribution >= 0.6 is 0 Å². The highest BCUT2D eigenvalue weighted by atomic mass is 16.3. The van der Waals surface area contributed by atoms with Crippen LogP contribution in [0.15, 0.2) is 0 Å². The molecular weight excluding hydrogens is 156 g/mol. The minimum Gasteiger partial charge on any atom is -0.384 e. The molecule has 1 rings (SSSR count). The molecule has 0 bridgehead atoms. The molecule has 2 N–H and O–H groups in total. The summed E-state index contributed by atoms with van der Waals surface area (Å²) in [6, 6.07) is 0. The van der Waals surface area contributed by atoms with Crippen LogP contribution in [0, 0.1) is 0 Å². The minimum atomic E-state index is -0.858. The van der Waals surface area contributed by atoms with Gasteiger partial charge in [-0.05, 0) is 19.9 Å².